The highest BCUT2D eigenvalue weighted by atomic mass is 16.6. The summed E-state index contributed by atoms with van der Waals surface area (Å²) in [6.07, 6.45) is 10.5. The molecule has 0 N–H and O–H groups in total. The predicted octanol–water partition coefficient (Wildman–Crippen LogP) is 6.25. The van der Waals surface area contributed by atoms with Gasteiger partial charge in [0.25, 0.3) is 0 Å². The van der Waals surface area contributed by atoms with Crippen molar-refractivity contribution in [3.05, 3.63) is 65.7 Å². The number of benzene rings is 2. The predicted molar refractivity (Wildman–Crippen MR) is 132 cm³/mol. The van der Waals surface area contributed by atoms with Gasteiger partial charge in [-0.3, -0.25) is 0 Å². The summed E-state index contributed by atoms with van der Waals surface area (Å²) >= 11 is 0. The van der Waals surface area contributed by atoms with E-state index in [1.807, 2.05) is 18.2 Å². The average Bonchev–Trinajstić information content (AvgIpc) is 2.86. The standard InChI is InChI=1S/C28H40O5/c1-2-3-4-5-6-7-9-12-25-15-17-27(18-16-25)32-23-21-30-19-20-31-22-24-33-28(29)26-13-10-8-11-14-26/h8,10-11,13-18H,2-7,9,12,19-24H2,1H3. The quantitative estimate of drug-likeness (QED) is 0.185. The topological polar surface area (TPSA) is 54.0 Å². The van der Waals surface area contributed by atoms with Crippen LogP contribution in [0.25, 0.3) is 0 Å². The first-order valence-electron chi connectivity index (χ1n) is 12.4. The van der Waals surface area contributed by atoms with Gasteiger partial charge in [-0.1, -0.05) is 75.8 Å². The number of unbranched alkanes of at least 4 members (excludes halogenated alkanes) is 6. The van der Waals surface area contributed by atoms with Crippen LogP contribution in [0, 0.1) is 0 Å². The van der Waals surface area contributed by atoms with E-state index in [1.165, 1.54) is 50.5 Å². The zero-order chi connectivity index (χ0) is 23.4. The second-order valence-electron chi connectivity index (χ2n) is 8.09. The van der Waals surface area contributed by atoms with Crippen molar-refractivity contribution in [1.82, 2.24) is 0 Å². The van der Waals surface area contributed by atoms with Gasteiger partial charge >= 0.3 is 5.97 Å². The van der Waals surface area contributed by atoms with Gasteiger partial charge in [-0.2, -0.15) is 0 Å². The van der Waals surface area contributed by atoms with Crippen molar-refractivity contribution in [2.45, 2.75) is 58.3 Å². The summed E-state index contributed by atoms with van der Waals surface area (Å²) in [4.78, 5) is 11.8. The molecule has 0 aliphatic rings. The molecule has 0 aliphatic heterocycles. The Kier molecular flexibility index (Phi) is 14.7. The maximum absolute atomic E-state index is 11.8. The van der Waals surface area contributed by atoms with Crippen molar-refractivity contribution in [1.29, 1.82) is 0 Å². The third-order valence-electron chi connectivity index (χ3n) is 5.33. The fourth-order valence-corrected chi connectivity index (χ4v) is 3.43. The number of ether oxygens (including phenoxy) is 4. The molecule has 2 aromatic carbocycles. The van der Waals surface area contributed by atoms with Crippen LogP contribution < -0.4 is 4.74 Å². The van der Waals surface area contributed by atoms with Crippen LogP contribution in [0.3, 0.4) is 0 Å². The number of hydrogen-bond donors (Lipinski definition) is 0. The minimum Gasteiger partial charge on any atom is -0.491 e. The highest BCUT2D eigenvalue weighted by Crippen LogP contribution is 2.15. The molecule has 2 rings (SSSR count). The van der Waals surface area contributed by atoms with Gasteiger partial charge in [0.05, 0.1) is 32.0 Å². The summed E-state index contributed by atoms with van der Waals surface area (Å²) in [7, 11) is 0. The molecule has 182 valence electrons. The second-order valence-corrected chi connectivity index (χ2v) is 8.09. The van der Waals surface area contributed by atoms with Gasteiger partial charge in [0.15, 0.2) is 0 Å². The molecule has 0 atom stereocenters. The molecule has 0 aromatic heterocycles. The van der Waals surface area contributed by atoms with Gasteiger partial charge in [0, 0.05) is 0 Å². The molecule has 0 fully saturated rings. The summed E-state index contributed by atoms with van der Waals surface area (Å²) in [5, 5.41) is 0. The molecule has 0 bridgehead atoms. The van der Waals surface area contributed by atoms with Crippen LogP contribution in [0.2, 0.25) is 0 Å². The molecule has 0 amide bonds. The van der Waals surface area contributed by atoms with Crippen LogP contribution in [-0.4, -0.2) is 45.6 Å². The molecule has 33 heavy (non-hydrogen) atoms. The lowest BCUT2D eigenvalue weighted by Crippen LogP contribution is -2.14. The number of carbonyl (C=O) groups is 1. The molecule has 0 aliphatic carbocycles. The summed E-state index contributed by atoms with van der Waals surface area (Å²) in [5.74, 6) is 0.539. The summed E-state index contributed by atoms with van der Waals surface area (Å²) in [6, 6.07) is 17.3. The first-order chi connectivity index (χ1) is 16.3. The first kappa shape index (κ1) is 26.9. The zero-order valence-corrected chi connectivity index (χ0v) is 20.1. The lowest BCUT2D eigenvalue weighted by atomic mass is 10.0. The number of hydrogen-bond acceptors (Lipinski definition) is 5. The first-order valence-corrected chi connectivity index (χ1v) is 12.4. The Balaban J connectivity index is 1.39. The Morgan fingerprint density at radius 2 is 1.27 bits per heavy atom. The molecule has 5 nitrogen and oxygen atoms in total. The maximum atomic E-state index is 11.8. The van der Waals surface area contributed by atoms with Gasteiger partial charge in [-0.05, 0) is 42.7 Å². The van der Waals surface area contributed by atoms with E-state index in [2.05, 4.69) is 19.1 Å². The van der Waals surface area contributed by atoms with Crippen molar-refractivity contribution in [3.8, 4) is 5.75 Å². The minimum atomic E-state index is -0.335. The lowest BCUT2D eigenvalue weighted by molar-refractivity contribution is 0.0106. The van der Waals surface area contributed by atoms with Crippen LogP contribution in [0.5, 0.6) is 5.75 Å². The fourth-order valence-electron chi connectivity index (χ4n) is 3.43. The lowest BCUT2D eigenvalue weighted by Gasteiger charge is -2.09. The van der Waals surface area contributed by atoms with E-state index in [9.17, 15) is 4.79 Å². The van der Waals surface area contributed by atoms with Gasteiger partial charge in [-0.25, -0.2) is 4.79 Å². The summed E-state index contributed by atoms with van der Waals surface area (Å²) in [5.41, 5.74) is 1.92. The molecular weight excluding hydrogens is 416 g/mol. The monoisotopic (exact) mass is 456 g/mol. The smallest absolute Gasteiger partial charge is 0.338 e. The zero-order valence-electron chi connectivity index (χ0n) is 20.1. The molecule has 0 unspecified atom stereocenters. The fraction of sp³-hybridized carbons (Fsp3) is 0.536. The number of rotatable bonds is 19. The molecule has 5 heteroatoms. The van der Waals surface area contributed by atoms with Crippen molar-refractivity contribution in [2.75, 3.05) is 39.6 Å². The van der Waals surface area contributed by atoms with E-state index >= 15 is 0 Å². The highest BCUT2D eigenvalue weighted by molar-refractivity contribution is 5.89. The Morgan fingerprint density at radius 1 is 0.667 bits per heavy atom. The van der Waals surface area contributed by atoms with Crippen LogP contribution in [0.1, 0.15) is 67.8 Å². The normalized spacial score (nSPS) is 10.8. The SMILES string of the molecule is CCCCCCCCCc1ccc(OCCOCCOCCOC(=O)c2ccccc2)cc1. The van der Waals surface area contributed by atoms with Gasteiger partial charge < -0.3 is 18.9 Å². The Bertz CT molecular complexity index is 730. The molecule has 0 saturated heterocycles. The van der Waals surface area contributed by atoms with Crippen LogP contribution in [0.15, 0.2) is 54.6 Å². The maximum Gasteiger partial charge on any atom is 0.338 e. The highest BCUT2D eigenvalue weighted by Gasteiger charge is 2.05. The summed E-state index contributed by atoms with van der Waals surface area (Å²) in [6.45, 7) is 4.78. The molecule has 0 heterocycles. The van der Waals surface area contributed by atoms with Crippen LogP contribution >= 0.6 is 0 Å². The Morgan fingerprint density at radius 3 is 1.97 bits per heavy atom. The molecule has 0 saturated carbocycles. The molecule has 0 radical (unpaired) electrons. The van der Waals surface area contributed by atoms with E-state index in [4.69, 9.17) is 18.9 Å². The Labute approximate surface area is 199 Å². The largest absolute Gasteiger partial charge is 0.491 e. The van der Waals surface area contributed by atoms with E-state index in [-0.39, 0.29) is 12.6 Å². The van der Waals surface area contributed by atoms with Gasteiger partial charge in [0.1, 0.15) is 19.0 Å². The van der Waals surface area contributed by atoms with Gasteiger partial charge in [0.2, 0.25) is 0 Å². The summed E-state index contributed by atoms with van der Waals surface area (Å²) < 4.78 is 21.8. The van der Waals surface area contributed by atoms with Crippen molar-refractivity contribution in [2.24, 2.45) is 0 Å². The van der Waals surface area contributed by atoms with Crippen molar-refractivity contribution < 1.29 is 23.7 Å². The van der Waals surface area contributed by atoms with Crippen molar-refractivity contribution >= 4 is 5.97 Å². The van der Waals surface area contributed by atoms with E-state index in [0.29, 0.717) is 38.6 Å². The number of carbonyl (C=O) groups excluding carboxylic acids is 1. The minimum absolute atomic E-state index is 0.228. The third-order valence-corrected chi connectivity index (χ3v) is 5.33. The molecular formula is C28H40O5. The Hall–Kier alpha value is -2.37. The van der Waals surface area contributed by atoms with E-state index in [0.717, 1.165) is 12.2 Å². The van der Waals surface area contributed by atoms with Crippen molar-refractivity contribution in [3.63, 3.8) is 0 Å². The van der Waals surface area contributed by atoms with Crippen LogP contribution in [-0.2, 0) is 20.6 Å². The number of esters is 1. The van der Waals surface area contributed by atoms with Gasteiger partial charge in [-0.15, -0.1) is 0 Å². The number of aryl methyl sites for hydroxylation is 1. The van der Waals surface area contributed by atoms with Crippen LogP contribution in [0.4, 0.5) is 0 Å². The second kappa shape index (κ2) is 18.1. The third kappa shape index (κ3) is 13.1. The molecule has 0 spiro atoms. The van der Waals surface area contributed by atoms with E-state index in [1.54, 1.807) is 24.3 Å². The van der Waals surface area contributed by atoms with E-state index < -0.39 is 0 Å². The average molecular weight is 457 g/mol. The molecule has 2 aromatic rings.